The van der Waals surface area contributed by atoms with Gasteiger partial charge in [-0.25, -0.2) is 0 Å². The molecule has 0 aliphatic rings. The van der Waals surface area contributed by atoms with Crippen molar-refractivity contribution in [3.63, 3.8) is 0 Å². The predicted molar refractivity (Wildman–Crippen MR) is 76.9 cm³/mol. The molecule has 0 bridgehead atoms. The Morgan fingerprint density at radius 3 is 2.58 bits per heavy atom. The zero-order valence-electron chi connectivity index (χ0n) is 10.8. The summed E-state index contributed by atoms with van der Waals surface area (Å²) in [5.74, 6) is 0.454. The first kappa shape index (κ1) is 15.4. The van der Waals surface area contributed by atoms with Gasteiger partial charge in [0.25, 0.3) is 5.91 Å². The number of nitrogens with zero attached hydrogens (tertiary/aromatic N) is 1. The molecule has 5 nitrogen and oxygen atoms in total. The van der Waals surface area contributed by atoms with E-state index in [-0.39, 0.29) is 19.1 Å². The van der Waals surface area contributed by atoms with E-state index in [1.165, 1.54) is 4.90 Å². The first-order valence-corrected chi connectivity index (χ1v) is 6.28. The lowest BCUT2D eigenvalue weighted by Crippen LogP contribution is -2.33. The Morgan fingerprint density at radius 1 is 1.42 bits per heavy atom. The van der Waals surface area contributed by atoms with Gasteiger partial charge in [-0.15, -0.1) is 0 Å². The van der Waals surface area contributed by atoms with Crippen molar-refractivity contribution in [2.45, 2.75) is 13.0 Å². The number of aliphatic hydroxyl groups excluding tert-OH is 1. The van der Waals surface area contributed by atoms with Crippen LogP contribution < -0.4 is 10.5 Å². The highest BCUT2D eigenvalue weighted by Crippen LogP contribution is 2.12. The van der Waals surface area contributed by atoms with Crippen molar-refractivity contribution in [3.05, 3.63) is 29.8 Å². The van der Waals surface area contributed by atoms with Crippen molar-refractivity contribution in [1.29, 1.82) is 0 Å². The van der Waals surface area contributed by atoms with Crippen LogP contribution in [0.1, 0.15) is 12.0 Å². The second-order valence-corrected chi connectivity index (χ2v) is 4.65. The fourth-order valence-electron chi connectivity index (χ4n) is 1.35. The maximum atomic E-state index is 11.7. The molecule has 0 fully saturated rings. The number of thiocarbonyl (C=S) groups is 1. The summed E-state index contributed by atoms with van der Waals surface area (Å²) in [6.45, 7) is 0.439. The summed E-state index contributed by atoms with van der Waals surface area (Å²) in [5.41, 5.74) is 6.17. The van der Waals surface area contributed by atoms with E-state index in [1.54, 1.807) is 31.3 Å². The zero-order chi connectivity index (χ0) is 14.3. The second kappa shape index (κ2) is 7.70. The molecule has 0 saturated carbocycles. The number of hydrogen-bond donors (Lipinski definition) is 2. The monoisotopic (exact) mass is 282 g/mol. The Morgan fingerprint density at radius 2 is 2.05 bits per heavy atom. The third-order valence-corrected chi connectivity index (χ3v) is 2.79. The molecule has 6 heteroatoms. The third-order valence-electron chi connectivity index (χ3n) is 2.59. The molecule has 3 N–H and O–H groups in total. The number of rotatable bonds is 7. The quantitative estimate of drug-likeness (QED) is 0.720. The van der Waals surface area contributed by atoms with E-state index in [2.05, 4.69) is 0 Å². The van der Waals surface area contributed by atoms with Crippen molar-refractivity contribution < 1.29 is 14.6 Å². The number of hydrogen-bond acceptors (Lipinski definition) is 4. The van der Waals surface area contributed by atoms with Crippen LogP contribution >= 0.6 is 12.2 Å². The summed E-state index contributed by atoms with van der Waals surface area (Å²) in [5, 5.41) is 8.90. The Bertz CT molecular complexity index is 434. The maximum Gasteiger partial charge on any atom is 0.260 e. The molecule has 1 aromatic carbocycles. The van der Waals surface area contributed by atoms with Crippen LogP contribution in [-0.2, 0) is 11.4 Å². The van der Waals surface area contributed by atoms with Crippen LogP contribution in [-0.4, -0.2) is 41.1 Å². The van der Waals surface area contributed by atoms with Crippen LogP contribution in [0.4, 0.5) is 0 Å². The van der Waals surface area contributed by atoms with Crippen molar-refractivity contribution in [2.75, 3.05) is 20.2 Å². The van der Waals surface area contributed by atoms with Crippen LogP contribution in [0.25, 0.3) is 0 Å². The topological polar surface area (TPSA) is 75.8 Å². The molecule has 0 aliphatic heterocycles. The number of carbonyl (C=O) groups is 1. The Hall–Kier alpha value is -1.66. The molecule has 0 atom stereocenters. The van der Waals surface area contributed by atoms with Crippen molar-refractivity contribution in [2.24, 2.45) is 5.73 Å². The van der Waals surface area contributed by atoms with Gasteiger partial charge in [-0.3, -0.25) is 4.79 Å². The van der Waals surface area contributed by atoms with Gasteiger partial charge >= 0.3 is 0 Å². The van der Waals surface area contributed by atoms with Gasteiger partial charge < -0.3 is 20.5 Å². The van der Waals surface area contributed by atoms with Crippen molar-refractivity contribution in [3.8, 4) is 5.75 Å². The minimum absolute atomic E-state index is 0.0129. The van der Waals surface area contributed by atoms with Crippen LogP contribution in [0.3, 0.4) is 0 Å². The first-order chi connectivity index (χ1) is 9.02. The Kier molecular flexibility index (Phi) is 6.24. The number of aliphatic hydroxyl groups is 1. The van der Waals surface area contributed by atoms with Gasteiger partial charge in [0.05, 0.1) is 11.6 Å². The number of likely N-dealkylation sites (N-methyl/N-ethyl adjacent to an activating group) is 1. The molecular weight excluding hydrogens is 264 g/mol. The third kappa shape index (κ3) is 5.67. The average molecular weight is 282 g/mol. The molecule has 104 valence electrons. The minimum atomic E-state index is -0.137. The summed E-state index contributed by atoms with van der Waals surface area (Å²) in [4.78, 5) is 13.6. The summed E-state index contributed by atoms with van der Waals surface area (Å²) in [7, 11) is 1.68. The highest BCUT2D eigenvalue weighted by atomic mass is 32.1. The predicted octanol–water partition coefficient (Wildman–Crippen LogP) is 0.692. The molecule has 0 aliphatic carbocycles. The standard InChI is InChI=1S/C13H18N2O3S/c1-15(7-6-12(14)19)13(17)9-18-11-4-2-10(8-16)3-5-11/h2-5,16H,6-9H2,1H3,(H2,14,19). The molecule has 0 saturated heterocycles. The molecule has 1 amide bonds. The molecule has 19 heavy (non-hydrogen) atoms. The maximum absolute atomic E-state index is 11.7. The van der Waals surface area contributed by atoms with E-state index in [1.807, 2.05) is 0 Å². The van der Waals surface area contributed by atoms with Crippen LogP contribution in [0.2, 0.25) is 0 Å². The molecule has 1 rings (SSSR count). The smallest absolute Gasteiger partial charge is 0.260 e. The van der Waals surface area contributed by atoms with Gasteiger partial charge in [-0.1, -0.05) is 24.4 Å². The van der Waals surface area contributed by atoms with Gasteiger partial charge in [0, 0.05) is 20.0 Å². The Labute approximate surface area is 118 Å². The van der Waals surface area contributed by atoms with E-state index < -0.39 is 0 Å². The number of benzene rings is 1. The first-order valence-electron chi connectivity index (χ1n) is 5.88. The van der Waals surface area contributed by atoms with Gasteiger partial charge in [0.1, 0.15) is 5.75 Å². The zero-order valence-corrected chi connectivity index (χ0v) is 11.7. The number of nitrogens with two attached hydrogens (primary N) is 1. The lowest BCUT2D eigenvalue weighted by molar-refractivity contribution is -0.131. The molecule has 0 radical (unpaired) electrons. The van der Waals surface area contributed by atoms with Gasteiger partial charge in [-0.05, 0) is 17.7 Å². The van der Waals surface area contributed by atoms with Crippen LogP contribution in [0.5, 0.6) is 5.75 Å². The number of amides is 1. The van der Waals surface area contributed by atoms with E-state index in [0.717, 1.165) is 5.56 Å². The number of ether oxygens (including phenoxy) is 1. The lowest BCUT2D eigenvalue weighted by atomic mass is 10.2. The highest BCUT2D eigenvalue weighted by Gasteiger charge is 2.09. The van der Waals surface area contributed by atoms with Crippen molar-refractivity contribution in [1.82, 2.24) is 4.90 Å². The highest BCUT2D eigenvalue weighted by molar-refractivity contribution is 7.80. The molecule has 0 unspecified atom stereocenters. The average Bonchev–Trinajstić information content (AvgIpc) is 2.42. The fraction of sp³-hybridized carbons (Fsp3) is 0.385. The lowest BCUT2D eigenvalue weighted by Gasteiger charge is -2.17. The largest absolute Gasteiger partial charge is 0.484 e. The molecule has 0 heterocycles. The van der Waals surface area contributed by atoms with Gasteiger partial charge in [0.15, 0.2) is 6.61 Å². The Balaban J connectivity index is 2.38. The van der Waals surface area contributed by atoms with E-state index >= 15 is 0 Å². The fourth-order valence-corrected chi connectivity index (χ4v) is 1.44. The van der Waals surface area contributed by atoms with Crippen LogP contribution in [0, 0.1) is 0 Å². The van der Waals surface area contributed by atoms with E-state index in [4.69, 9.17) is 27.8 Å². The molecule has 0 spiro atoms. The molecular formula is C13H18N2O3S. The molecule has 0 aromatic heterocycles. The van der Waals surface area contributed by atoms with Gasteiger partial charge in [0.2, 0.25) is 0 Å². The summed E-state index contributed by atoms with van der Waals surface area (Å²) < 4.78 is 5.36. The van der Waals surface area contributed by atoms with Crippen molar-refractivity contribution >= 4 is 23.1 Å². The minimum Gasteiger partial charge on any atom is -0.484 e. The second-order valence-electron chi connectivity index (χ2n) is 4.12. The number of carbonyl (C=O) groups excluding carboxylic acids is 1. The van der Waals surface area contributed by atoms with E-state index in [9.17, 15) is 4.79 Å². The van der Waals surface area contributed by atoms with Crippen LogP contribution in [0.15, 0.2) is 24.3 Å². The van der Waals surface area contributed by atoms with E-state index in [0.29, 0.717) is 23.7 Å². The molecule has 1 aromatic rings. The SMILES string of the molecule is CN(CCC(N)=S)C(=O)COc1ccc(CO)cc1. The van der Waals surface area contributed by atoms with Gasteiger partial charge in [-0.2, -0.15) is 0 Å². The summed E-state index contributed by atoms with van der Waals surface area (Å²) in [6, 6.07) is 6.93. The normalized spacial score (nSPS) is 10.0. The summed E-state index contributed by atoms with van der Waals surface area (Å²) in [6.07, 6.45) is 0.503. The summed E-state index contributed by atoms with van der Waals surface area (Å²) >= 11 is 4.75.